The summed E-state index contributed by atoms with van der Waals surface area (Å²) in [6.45, 7) is 10.2. The topological polar surface area (TPSA) is 118 Å². The lowest BCUT2D eigenvalue weighted by molar-refractivity contribution is -0.122. The van der Waals surface area contributed by atoms with Gasteiger partial charge in [-0.15, -0.1) is 10.2 Å². The SMILES string of the molecule is CC(=O)C(CC(F)(F)c1cc(F)c(-c2nnc(C(C)(C)C#N)o2)cc1C)NC(=O)OC(C)(C)C. The molecule has 0 saturated carbocycles. The summed E-state index contributed by atoms with van der Waals surface area (Å²) in [4.78, 5) is 23.9. The van der Waals surface area contributed by atoms with Gasteiger partial charge in [0.2, 0.25) is 5.89 Å². The summed E-state index contributed by atoms with van der Waals surface area (Å²) in [5, 5.41) is 18.8. The summed E-state index contributed by atoms with van der Waals surface area (Å²) in [5.41, 5.74) is -2.88. The second-order valence-electron chi connectivity index (χ2n) is 9.51. The molecule has 1 aromatic heterocycles. The fraction of sp³-hybridized carbons (Fsp3) is 0.522. The van der Waals surface area contributed by atoms with Crippen LogP contribution in [-0.2, 0) is 20.9 Å². The molecule has 11 heteroatoms. The molecule has 0 spiro atoms. The molecule has 1 heterocycles. The van der Waals surface area contributed by atoms with Crippen molar-refractivity contribution in [2.45, 2.75) is 77.9 Å². The average molecular weight is 480 g/mol. The van der Waals surface area contributed by atoms with E-state index in [1.807, 2.05) is 6.07 Å². The minimum Gasteiger partial charge on any atom is -0.444 e. The van der Waals surface area contributed by atoms with E-state index in [0.29, 0.717) is 6.07 Å². The van der Waals surface area contributed by atoms with Crippen LogP contribution < -0.4 is 5.32 Å². The van der Waals surface area contributed by atoms with Crippen LogP contribution in [0, 0.1) is 24.1 Å². The van der Waals surface area contributed by atoms with Gasteiger partial charge in [-0.05, 0) is 66.2 Å². The van der Waals surface area contributed by atoms with Crippen molar-refractivity contribution in [2.75, 3.05) is 0 Å². The Balaban J connectivity index is 2.34. The molecule has 0 aliphatic rings. The second kappa shape index (κ2) is 9.44. The lowest BCUT2D eigenvalue weighted by Crippen LogP contribution is -2.45. The maximum absolute atomic E-state index is 15.1. The normalized spacial score (nSPS) is 13.2. The van der Waals surface area contributed by atoms with E-state index in [0.717, 1.165) is 13.0 Å². The molecule has 1 unspecified atom stereocenters. The van der Waals surface area contributed by atoms with Gasteiger partial charge in [-0.25, -0.2) is 18.0 Å². The van der Waals surface area contributed by atoms with Crippen LogP contribution in [0.5, 0.6) is 0 Å². The first kappa shape index (κ1) is 26.8. The van der Waals surface area contributed by atoms with Gasteiger partial charge in [0.15, 0.2) is 5.78 Å². The molecule has 184 valence electrons. The maximum atomic E-state index is 15.1. The van der Waals surface area contributed by atoms with Crippen molar-refractivity contribution >= 4 is 11.9 Å². The van der Waals surface area contributed by atoms with Crippen molar-refractivity contribution in [3.63, 3.8) is 0 Å². The van der Waals surface area contributed by atoms with E-state index in [9.17, 15) is 19.2 Å². The Morgan fingerprint density at radius 2 is 1.82 bits per heavy atom. The average Bonchev–Trinajstić information content (AvgIpc) is 3.18. The van der Waals surface area contributed by atoms with Crippen molar-refractivity contribution in [2.24, 2.45) is 0 Å². The Morgan fingerprint density at radius 1 is 1.21 bits per heavy atom. The Hall–Kier alpha value is -3.42. The number of hydrogen-bond acceptors (Lipinski definition) is 7. The molecule has 0 bridgehead atoms. The zero-order valence-electron chi connectivity index (χ0n) is 20.0. The zero-order valence-corrected chi connectivity index (χ0v) is 20.0. The van der Waals surface area contributed by atoms with Crippen LogP contribution >= 0.6 is 0 Å². The van der Waals surface area contributed by atoms with E-state index in [4.69, 9.17) is 9.15 Å². The zero-order chi connectivity index (χ0) is 26.1. The monoisotopic (exact) mass is 480 g/mol. The van der Waals surface area contributed by atoms with Crippen LogP contribution in [0.15, 0.2) is 16.5 Å². The van der Waals surface area contributed by atoms with Crippen molar-refractivity contribution < 1.29 is 31.9 Å². The highest BCUT2D eigenvalue weighted by Gasteiger charge is 2.40. The Labute approximate surface area is 195 Å². The molecule has 1 amide bonds. The van der Waals surface area contributed by atoms with E-state index in [1.165, 1.54) is 20.8 Å². The third kappa shape index (κ3) is 6.34. The van der Waals surface area contributed by atoms with Crippen molar-refractivity contribution in [3.8, 4) is 17.5 Å². The molecule has 2 rings (SSSR count). The molecular formula is C23H27F3N4O4. The first-order valence-electron chi connectivity index (χ1n) is 10.4. The minimum absolute atomic E-state index is 0.000244. The lowest BCUT2D eigenvalue weighted by atomic mass is 9.94. The van der Waals surface area contributed by atoms with E-state index in [-0.39, 0.29) is 22.9 Å². The summed E-state index contributed by atoms with van der Waals surface area (Å²) < 4.78 is 55.5. The number of benzene rings is 1. The molecule has 0 fully saturated rings. The number of aromatic nitrogens is 2. The third-order valence-corrected chi connectivity index (χ3v) is 4.82. The number of nitrogens with zero attached hydrogens (tertiary/aromatic N) is 3. The number of amides is 1. The molecule has 1 atom stereocenters. The molecule has 0 aliphatic carbocycles. The number of carbonyl (C=O) groups excluding carboxylic acids is 2. The minimum atomic E-state index is -3.67. The number of alkyl halides is 2. The standard InChI is InChI=1S/C23H27F3N4O4/c1-12-8-14(18-29-30-19(33-18)22(6,7)11-27)16(24)9-15(12)23(25,26)10-17(13(2)31)28-20(32)34-21(3,4)5/h8-9,17H,10H2,1-7H3,(H,28,32). The summed E-state index contributed by atoms with van der Waals surface area (Å²) in [6.07, 6.45) is -2.11. The van der Waals surface area contributed by atoms with Gasteiger partial charge in [-0.3, -0.25) is 4.79 Å². The number of nitrogens with one attached hydrogen (secondary N) is 1. The Morgan fingerprint density at radius 3 is 2.35 bits per heavy atom. The maximum Gasteiger partial charge on any atom is 0.408 e. The predicted octanol–water partition coefficient (Wildman–Crippen LogP) is 4.95. The number of ketones is 1. The number of alkyl carbamates (subject to hydrolysis) is 1. The highest BCUT2D eigenvalue weighted by Crippen LogP contribution is 2.38. The quantitative estimate of drug-likeness (QED) is 0.596. The number of aryl methyl sites for hydroxylation is 1. The third-order valence-electron chi connectivity index (χ3n) is 4.82. The fourth-order valence-electron chi connectivity index (χ4n) is 2.98. The van der Waals surface area contributed by atoms with E-state index >= 15 is 8.78 Å². The van der Waals surface area contributed by atoms with Gasteiger partial charge < -0.3 is 14.5 Å². The molecule has 1 aromatic carbocycles. The molecule has 0 saturated heterocycles. The molecule has 2 aromatic rings. The summed E-state index contributed by atoms with van der Waals surface area (Å²) in [5.74, 6) is -5.74. The van der Waals surface area contributed by atoms with Crippen LogP contribution in [0.25, 0.3) is 11.5 Å². The van der Waals surface area contributed by atoms with E-state index in [2.05, 4.69) is 15.5 Å². The smallest absolute Gasteiger partial charge is 0.408 e. The van der Waals surface area contributed by atoms with Crippen LogP contribution in [0.4, 0.5) is 18.0 Å². The van der Waals surface area contributed by atoms with E-state index < -0.39 is 52.7 Å². The van der Waals surface area contributed by atoms with E-state index in [1.54, 1.807) is 20.8 Å². The summed E-state index contributed by atoms with van der Waals surface area (Å²) in [7, 11) is 0. The highest BCUT2D eigenvalue weighted by molar-refractivity contribution is 5.85. The van der Waals surface area contributed by atoms with Gasteiger partial charge in [0.1, 0.15) is 16.8 Å². The number of nitriles is 1. The van der Waals surface area contributed by atoms with Crippen LogP contribution in [0.3, 0.4) is 0 Å². The van der Waals surface area contributed by atoms with Crippen LogP contribution in [0.1, 0.15) is 65.0 Å². The van der Waals surface area contributed by atoms with Gasteiger partial charge in [0, 0.05) is 12.0 Å². The number of carbonyl (C=O) groups is 2. The van der Waals surface area contributed by atoms with Gasteiger partial charge in [0.25, 0.3) is 11.8 Å². The Bertz CT molecular complexity index is 1130. The molecular weight excluding hydrogens is 453 g/mol. The molecule has 8 nitrogen and oxygen atoms in total. The number of Topliss-reactive ketones (excluding diaryl/α,β-unsaturated/α-hetero) is 1. The van der Waals surface area contributed by atoms with Crippen LogP contribution in [-0.4, -0.2) is 33.7 Å². The predicted molar refractivity (Wildman–Crippen MR) is 115 cm³/mol. The van der Waals surface area contributed by atoms with Gasteiger partial charge in [-0.1, -0.05) is 0 Å². The molecule has 34 heavy (non-hydrogen) atoms. The fourth-order valence-corrected chi connectivity index (χ4v) is 2.98. The number of rotatable bonds is 7. The number of hydrogen-bond donors (Lipinski definition) is 1. The largest absolute Gasteiger partial charge is 0.444 e. The second-order valence-corrected chi connectivity index (χ2v) is 9.51. The summed E-state index contributed by atoms with van der Waals surface area (Å²) >= 11 is 0. The number of halogens is 3. The van der Waals surface area contributed by atoms with Gasteiger partial charge in [-0.2, -0.15) is 5.26 Å². The van der Waals surface area contributed by atoms with Gasteiger partial charge in [0.05, 0.1) is 17.7 Å². The number of ether oxygens (including phenoxy) is 1. The van der Waals surface area contributed by atoms with Crippen molar-refractivity contribution in [1.82, 2.24) is 15.5 Å². The molecule has 0 radical (unpaired) electrons. The van der Waals surface area contributed by atoms with Crippen molar-refractivity contribution in [3.05, 3.63) is 35.0 Å². The van der Waals surface area contributed by atoms with Gasteiger partial charge >= 0.3 is 6.09 Å². The molecule has 0 aliphatic heterocycles. The highest BCUT2D eigenvalue weighted by atomic mass is 19.3. The summed E-state index contributed by atoms with van der Waals surface area (Å²) in [6, 6.07) is 2.18. The molecule has 1 N–H and O–H groups in total. The first-order valence-corrected chi connectivity index (χ1v) is 10.4. The Kier molecular flexibility index (Phi) is 7.45. The lowest BCUT2D eigenvalue weighted by Gasteiger charge is -2.26. The van der Waals surface area contributed by atoms with Crippen LogP contribution in [0.2, 0.25) is 0 Å². The van der Waals surface area contributed by atoms with Crippen molar-refractivity contribution in [1.29, 1.82) is 5.26 Å². The first-order chi connectivity index (χ1) is 15.5.